The van der Waals surface area contributed by atoms with Crippen LogP contribution in [-0.2, 0) is 4.74 Å². The molecule has 4 nitrogen and oxygen atoms in total. The molecule has 1 rings (SSSR count). The summed E-state index contributed by atoms with van der Waals surface area (Å²) in [6.07, 6.45) is 0.689. The predicted molar refractivity (Wildman–Crippen MR) is 69.1 cm³/mol. The van der Waals surface area contributed by atoms with Crippen LogP contribution in [0.2, 0.25) is 0 Å². The number of carbonyl (C=O) groups excluding carboxylic acids is 1. The average Bonchev–Trinajstić information content (AvgIpc) is 2.47. The van der Waals surface area contributed by atoms with Crippen molar-refractivity contribution < 1.29 is 9.53 Å². The summed E-state index contributed by atoms with van der Waals surface area (Å²) in [5.74, 6) is 0. The fourth-order valence-electron chi connectivity index (χ4n) is 1.96. The van der Waals surface area contributed by atoms with Crippen molar-refractivity contribution in [3.05, 3.63) is 0 Å². The number of rotatable bonds is 1. The van der Waals surface area contributed by atoms with Gasteiger partial charge >= 0.3 is 6.09 Å². The zero-order valence-electron chi connectivity index (χ0n) is 12.0. The summed E-state index contributed by atoms with van der Waals surface area (Å²) in [6, 6.07) is 0.212. The molecule has 1 saturated heterocycles. The molecule has 1 aliphatic rings. The molecule has 0 radical (unpaired) electrons. The minimum Gasteiger partial charge on any atom is -0.444 e. The summed E-state index contributed by atoms with van der Waals surface area (Å²) >= 11 is 0. The van der Waals surface area contributed by atoms with Crippen molar-refractivity contribution in [3.63, 3.8) is 0 Å². The fraction of sp³-hybridized carbons (Fsp3) is 0.923. The van der Waals surface area contributed by atoms with E-state index in [4.69, 9.17) is 4.74 Å². The molecule has 1 heterocycles. The second-order valence-corrected chi connectivity index (χ2v) is 6.75. The van der Waals surface area contributed by atoms with E-state index in [0.717, 1.165) is 19.5 Å². The Kier molecular flexibility index (Phi) is 4.07. The first-order valence-electron chi connectivity index (χ1n) is 6.32. The molecule has 1 aliphatic heterocycles. The smallest absolute Gasteiger partial charge is 0.407 e. The van der Waals surface area contributed by atoms with Gasteiger partial charge in [-0.25, -0.2) is 4.79 Å². The summed E-state index contributed by atoms with van der Waals surface area (Å²) in [6.45, 7) is 14.2. The molecule has 1 amide bonds. The number of likely N-dealkylation sites (tertiary alicyclic amines) is 1. The number of alkyl carbamates (subject to hydrolysis) is 1. The van der Waals surface area contributed by atoms with E-state index < -0.39 is 5.60 Å². The van der Waals surface area contributed by atoms with Crippen molar-refractivity contribution in [2.45, 2.75) is 65.1 Å². The van der Waals surface area contributed by atoms with Gasteiger partial charge in [-0.05, 0) is 48.0 Å². The van der Waals surface area contributed by atoms with Gasteiger partial charge < -0.3 is 10.1 Å². The van der Waals surface area contributed by atoms with Crippen LogP contribution in [0.25, 0.3) is 0 Å². The van der Waals surface area contributed by atoms with Crippen LogP contribution in [0.5, 0.6) is 0 Å². The molecule has 1 atom stereocenters. The van der Waals surface area contributed by atoms with Crippen molar-refractivity contribution >= 4 is 6.09 Å². The predicted octanol–water partition coefficient (Wildman–Crippen LogP) is 2.38. The molecule has 0 aromatic rings. The first-order valence-corrected chi connectivity index (χ1v) is 6.32. The summed E-state index contributed by atoms with van der Waals surface area (Å²) < 4.78 is 5.25. The number of ether oxygens (including phenoxy) is 1. The van der Waals surface area contributed by atoms with Crippen LogP contribution in [-0.4, -0.2) is 41.3 Å². The van der Waals surface area contributed by atoms with Crippen LogP contribution in [0, 0.1) is 0 Å². The molecule has 0 saturated carbocycles. The highest BCUT2D eigenvalue weighted by molar-refractivity contribution is 5.68. The number of carbonyl (C=O) groups is 1. The van der Waals surface area contributed by atoms with Crippen molar-refractivity contribution in [2.24, 2.45) is 0 Å². The van der Waals surface area contributed by atoms with E-state index in [1.807, 2.05) is 20.8 Å². The maximum atomic E-state index is 11.6. The molecule has 0 spiro atoms. The molecular weight excluding hydrogens is 216 g/mol. The molecule has 0 aromatic heterocycles. The number of amides is 1. The van der Waals surface area contributed by atoms with Gasteiger partial charge in [0.15, 0.2) is 0 Å². The lowest BCUT2D eigenvalue weighted by Crippen LogP contribution is -2.44. The van der Waals surface area contributed by atoms with Gasteiger partial charge in [-0.3, -0.25) is 4.90 Å². The molecule has 1 fully saturated rings. The van der Waals surface area contributed by atoms with Crippen molar-refractivity contribution in [2.75, 3.05) is 13.1 Å². The van der Waals surface area contributed by atoms with Crippen LogP contribution in [0.15, 0.2) is 0 Å². The lowest BCUT2D eigenvalue weighted by atomic mass is 10.1. The quantitative estimate of drug-likeness (QED) is 0.767. The SMILES string of the molecule is CC(C)(C)OC(=O)NC1CCN(C(C)(C)C)C1. The zero-order valence-corrected chi connectivity index (χ0v) is 12.0. The number of nitrogens with zero attached hydrogens (tertiary/aromatic N) is 1. The summed E-state index contributed by atoms with van der Waals surface area (Å²) in [7, 11) is 0. The fourth-order valence-corrected chi connectivity index (χ4v) is 1.96. The Morgan fingerprint density at radius 3 is 2.24 bits per heavy atom. The van der Waals surface area contributed by atoms with Crippen LogP contribution >= 0.6 is 0 Å². The highest BCUT2D eigenvalue weighted by Gasteiger charge is 2.31. The Balaban J connectivity index is 2.38. The summed E-state index contributed by atoms with van der Waals surface area (Å²) in [5, 5.41) is 2.93. The Morgan fingerprint density at radius 2 is 1.82 bits per heavy atom. The van der Waals surface area contributed by atoms with Crippen LogP contribution in [0.3, 0.4) is 0 Å². The number of hydrogen-bond acceptors (Lipinski definition) is 3. The number of hydrogen-bond donors (Lipinski definition) is 1. The Bertz CT molecular complexity index is 276. The topological polar surface area (TPSA) is 41.6 Å². The maximum Gasteiger partial charge on any atom is 0.407 e. The van der Waals surface area contributed by atoms with Gasteiger partial charge in [0.1, 0.15) is 5.60 Å². The highest BCUT2D eigenvalue weighted by atomic mass is 16.6. The lowest BCUT2D eigenvalue weighted by molar-refractivity contribution is 0.0501. The van der Waals surface area contributed by atoms with Gasteiger partial charge in [0.2, 0.25) is 0 Å². The standard InChI is InChI=1S/C13H26N2O2/c1-12(2,3)15-8-7-10(9-15)14-11(16)17-13(4,5)6/h10H,7-9H2,1-6H3,(H,14,16). The van der Waals surface area contributed by atoms with Crippen molar-refractivity contribution in [3.8, 4) is 0 Å². The van der Waals surface area contributed by atoms with Gasteiger partial charge in [0.25, 0.3) is 0 Å². The molecule has 100 valence electrons. The lowest BCUT2D eigenvalue weighted by Gasteiger charge is -2.31. The van der Waals surface area contributed by atoms with Crippen LogP contribution in [0.1, 0.15) is 48.0 Å². The van der Waals surface area contributed by atoms with Gasteiger partial charge in [-0.1, -0.05) is 0 Å². The minimum atomic E-state index is -0.424. The molecule has 17 heavy (non-hydrogen) atoms. The van der Waals surface area contributed by atoms with Gasteiger partial charge in [0, 0.05) is 24.7 Å². The second kappa shape index (κ2) is 4.84. The highest BCUT2D eigenvalue weighted by Crippen LogP contribution is 2.20. The van der Waals surface area contributed by atoms with Crippen molar-refractivity contribution in [1.29, 1.82) is 0 Å². The molecule has 0 aromatic carbocycles. The molecular formula is C13H26N2O2. The molecule has 1 unspecified atom stereocenters. The van der Waals surface area contributed by atoms with Gasteiger partial charge in [0.05, 0.1) is 0 Å². The third-order valence-electron chi connectivity index (χ3n) is 2.86. The van der Waals surface area contributed by atoms with Gasteiger partial charge in [-0.15, -0.1) is 0 Å². The van der Waals surface area contributed by atoms with E-state index in [2.05, 4.69) is 31.0 Å². The molecule has 1 N–H and O–H groups in total. The zero-order chi connectivity index (χ0) is 13.3. The number of nitrogens with one attached hydrogen (secondary N) is 1. The summed E-state index contributed by atoms with van der Waals surface area (Å²) in [4.78, 5) is 14.0. The third-order valence-corrected chi connectivity index (χ3v) is 2.86. The largest absolute Gasteiger partial charge is 0.444 e. The second-order valence-electron chi connectivity index (χ2n) is 6.75. The van der Waals surface area contributed by atoms with E-state index in [9.17, 15) is 4.79 Å². The maximum absolute atomic E-state index is 11.6. The van der Waals surface area contributed by atoms with Crippen molar-refractivity contribution in [1.82, 2.24) is 10.2 Å². The first kappa shape index (κ1) is 14.3. The first-order chi connectivity index (χ1) is 7.58. The Morgan fingerprint density at radius 1 is 1.24 bits per heavy atom. The van der Waals surface area contributed by atoms with Crippen LogP contribution < -0.4 is 5.32 Å². The van der Waals surface area contributed by atoms with Crippen LogP contribution in [0.4, 0.5) is 4.79 Å². The summed E-state index contributed by atoms with van der Waals surface area (Å²) in [5.41, 5.74) is -0.253. The molecule has 0 aliphatic carbocycles. The average molecular weight is 242 g/mol. The minimum absolute atomic E-state index is 0.171. The van der Waals surface area contributed by atoms with E-state index in [1.165, 1.54) is 0 Å². The van der Waals surface area contributed by atoms with E-state index >= 15 is 0 Å². The normalized spacial score (nSPS) is 22.6. The van der Waals surface area contributed by atoms with E-state index in [0.29, 0.717) is 0 Å². The molecule has 0 bridgehead atoms. The van der Waals surface area contributed by atoms with E-state index in [1.54, 1.807) is 0 Å². The Hall–Kier alpha value is -0.770. The monoisotopic (exact) mass is 242 g/mol. The third kappa shape index (κ3) is 4.94. The Labute approximate surface area is 105 Å². The molecule has 4 heteroatoms. The van der Waals surface area contributed by atoms with Gasteiger partial charge in [-0.2, -0.15) is 0 Å². The van der Waals surface area contributed by atoms with E-state index in [-0.39, 0.29) is 17.7 Å².